The third kappa shape index (κ3) is 7.48. The van der Waals surface area contributed by atoms with Gasteiger partial charge < -0.3 is 26.4 Å². The van der Waals surface area contributed by atoms with Crippen molar-refractivity contribution in [3.8, 4) is 0 Å². The Morgan fingerprint density at radius 3 is 2.44 bits per heavy atom. The van der Waals surface area contributed by atoms with Gasteiger partial charge in [0.25, 0.3) is 10.3 Å². The SMILES string of the molecule is NC(O)=S.OC(=S)Nc1ccccc1CC[C@](O)(Cn1cncn1)c1ccc(F)cc1F. The smallest absolute Gasteiger partial charge is 0.258 e. The third-order valence-corrected chi connectivity index (χ3v) is 4.49. The molecule has 0 fully saturated rings. The van der Waals surface area contributed by atoms with Crippen molar-refractivity contribution in [1.82, 2.24) is 14.8 Å². The Balaban J connectivity index is 0.000000837. The highest BCUT2D eigenvalue weighted by molar-refractivity contribution is 7.80. The number of anilines is 1. The van der Waals surface area contributed by atoms with Gasteiger partial charge in [0.15, 0.2) is 0 Å². The fraction of sp³-hybridized carbons (Fsp3) is 0.200. The normalized spacial score (nSPS) is 12.2. The zero-order chi connectivity index (χ0) is 23.7. The van der Waals surface area contributed by atoms with E-state index in [1.165, 1.54) is 23.4 Å². The lowest BCUT2D eigenvalue weighted by atomic mass is 9.86. The second-order valence-corrected chi connectivity index (χ2v) is 7.48. The van der Waals surface area contributed by atoms with Crippen molar-refractivity contribution in [2.24, 2.45) is 5.73 Å². The van der Waals surface area contributed by atoms with Gasteiger partial charge in [-0.3, -0.25) is 0 Å². The number of halogens is 2. The zero-order valence-electron chi connectivity index (χ0n) is 16.7. The van der Waals surface area contributed by atoms with E-state index >= 15 is 0 Å². The molecule has 3 rings (SSSR count). The number of nitrogens with two attached hydrogens (primary N) is 1. The summed E-state index contributed by atoms with van der Waals surface area (Å²) in [4.78, 5) is 3.84. The lowest BCUT2D eigenvalue weighted by Crippen LogP contribution is -2.33. The number of hydrogen-bond acceptors (Lipinski definition) is 5. The number of nitrogens with one attached hydrogen (secondary N) is 1. The van der Waals surface area contributed by atoms with Crippen molar-refractivity contribution in [2.75, 3.05) is 5.32 Å². The number of para-hydroxylation sites is 1. The predicted octanol–water partition coefficient (Wildman–Crippen LogP) is 3.12. The summed E-state index contributed by atoms with van der Waals surface area (Å²) in [5, 5.41) is 34.0. The van der Waals surface area contributed by atoms with Crippen LogP contribution in [0.15, 0.2) is 55.1 Å². The lowest BCUT2D eigenvalue weighted by molar-refractivity contribution is 0.00321. The van der Waals surface area contributed by atoms with Gasteiger partial charge in [-0.2, -0.15) is 5.10 Å². The summed E-state index contributed by atoms with van der Waals surface area (Å²) in [5.41, 5.74) is 4.04. The number of aliphatic hydroxyl groups is 3. The van der Waals surface area contributed by atoms with Crippen LogP contribution in [-0.4, -0.2) is 40.4 Å². The molecule has 0 saturated carbocycles. The van der Waals surface area contributed by atoms with Gasteiger partial charge in [-0.15, -0.1) is 0 Å². The number of thiocarbonyl (C=S) groups is 2. The zero-order valence-corrected chi connectivity index (χ0v) is 18.3. The molecule has 2 aromatic carbocycles. The first-order chi connectivity index (χ1) is 15.1. The highest BCUT2D eigenvalue weighted by Gasteiger charge is 2.33. The van der Waals surface area contributed by atoms with Crippen LogP contribution in [0.1, 0.15) is 17.5 Å². The van der Waals surface area contributed by atoms with Gasteiger partial charge in [-0.05, 0) is 55.0 Å². The molecule has 0 amide bonds. The summed E-state index contributed by atoms with van der Waals surface area (Å²) in [6, 6.07) is 10.2. The van der Waals surface area contributed by atoms with Crippen LogP contribution >= 0.6 is 24.4 Å². The van der Waals surface area contributed by atoms with Crippen LogP contribution in [0.2, 0.25) is 0 Å². The minimum absolute atomic E-state index is 0.0347. The first-order valence-electron chi connectivity index (χ1n) is 9.17. The maximum Gasteiger partial charge on any atom is 0.258 e. The summed E-state index contributed by atoms with van der Waals surface area (Å²) in [5.74, 6) is -1.57. The van der Waals surface area contributed by atoms with E-state index in [2.05, 4.69) is 45.6 Å². The molecule has 12 heteroatoms. The van der Waals surface area contributed by atoms with E-state index in [1.807, 2.05) is 0 Å². The number of rotatable bonds is 7. The first kappa shape index (κ1) is 25.0. The van der Waals surface area contributed by atoms with Crippen LogP contribution in [0.4, 0.5) is 14.5 Å². The van der Waals surface area contributed by atoms with Gasteiger partial charge in [0, 0.05) is 17.3 Å². The van der Waals surface area contributed by atoms with Crippen LogP contribution < -0.4 is 11.1 Å². The van der Waals surface area contributed by atoms with E-state index in [1.54, 1.807) is 24.3 Å². The summed E-state index contributed by atoms with van der Waals surface area (Å²) in [7, 11) is 0. The molecule has 170 valence electrons. The van der Waals surface area contributed by atoms with Crippen LogP contribution in [0, 0.1) is 11.6 Å². The number of aliphatic hydroxyl groups excluding tert-OH is 2. The molecule has 1 heterocycles. The number of aromatic nitrogens is 3. The molecule has 1 aromatic heterocycles. The summed E-state index contributed by atoms with van der Waals surface area (Å²) >= 11 is 8.54. The fourth-order valence-corrected chi connectivity index (χ4v) is 3.18. The summed E-state index contributed by atoms with van der Waals surface area (Å²) in [6.45, 7) is -0.0659. The summed E-state index contributed by atoms with van der Waals surface area (Å²) < 4.78 is 29.2. The average Bonchev–Trinajstić information content (AvgIpc) is 3.19. The number of aryl methyl sites for hydroxylation is 1. The third-order valence-electron chi connectivity index (χ3n) is 4.39. The molecule has 0 radical (unpaired) electrons. The Labute approximate surface area is 193 Å². The molecule has 6 N–H and O–H groups in total. The maximum absolute atomic E-state index is 14.4. The number of hydrogen-bond donors (Lipinski definition) is 5. The molecule has 0 bridgehead atoms. The van der Waals surface area contributed by atoms with E-state index < -0.39 is 22.4 Å². The van der Waals surface area contributed by atoms with Gasteiger partial charge in [-0.1, -0.05) is 24.3 Å². The van der Waals surface area contributed by atoms with Crippen molar-refractivity contribution in [3.05, 3.63) is 77.9 Å². The highest BCUT2D eigenvalue weighted by Crippen LogP contribution is 2.32. The Bertz CT molecular complexity index is 1070. The van der Waals surface area contributed by atoms with E-state index in [4.69, 9.17) is 5.11 Å². The van der Waals surface area contributed by atoms with Crippen LogP contribution in [-0.2, 0) is 18.6 Å². The molecular formula is C20H21F2N5O3S2. The molecular weight excluding hydrogens is 460 g/mol. The molecule has 8 nitrogen and oxygen atoms in total. The van der Waals surface area contributed by atoms with Crippen molar-refractivity contribution in [1.29, 1.82) is 0 Å². The Morgan fingerprint density at radius 1 is 1.16 bits per heavy atom. The Kier molecular flexibility index (Phi) is 8.93. The summed E-state index contributed by atoms with van der Waals surface area (Å²) in [6.07, 6.45) is 3.15. The van der Waals surface area contributed by atoms with Crippen molar-refractivity contribution < 1.29 is 24.1 Å². The van der Waals surface area contributed by atoms with Gasteiger partial charge in [0.05, 0.1) is 6.54 Å². The molecule has 32 heavy (non-hydrogen) atoms. The second kappa shape index (κ2) is 11.4. The van der Waals surface area contributed by atoms with E-state index in [0.717, 1.165) is 17.7 Å². The van der Waals surface area contributed by atoms with E-state index in [9.17, 15) is 19.0 Å². The quantitative estimate of drug-likeness (QED) is 0.323. The molecule has 3 aromatic rings. The second-order valence-electron chi connectivity index (χ2n) is 6.67. The van der Waals surface area contributed by atoms with E-state index in [0.29, 0.717) is 12.1 Å². The van der Waals surface area contributed by atoms with Crippen molar-refractivity contribution in [3.63, 3.8) is 0 Å². The molecule has 0 aliphatic heterocycles. The fourth-order valence-electron chi connectivity index (χ4n) is 3.07. The van der Waals surface area contributed by atoms with Crippen LogP contribution in [0.3, 0.4) is 0 Å². The van der Waals surface area contributed by atoms with Gasteiger partial charge in [-0.25, -0.2) is 18.4 Å². The standard InChI is InChI=1S/C19H18F2N4O2S.CH3NOS/c20-14-5-6-15(16(21)9-14)19(27,10-25-12-22-11-23-25)8-7-13-3-1-2-4-17(13)24-18(26)28;2-1(3)4/h1-6,9,11-12,27H,7-8,10H2,(H2,24,26,28);(H3,2,3,4)/t19-;/m0./s1. The molecule has 0 saturated heterocycles. The predicted molar refractivity (Wildman–Crippen MR) is 123 cm³/mol. The molecule has 1 atom stereocenters. The van der Waals surface area contributed by atoms with Crippen molar-refractivity contribution >= 4 is 40.5 Å². The molecule has 0 spiro atoms. The molecule has 0 aliphatic rings. The van der Waals surface area contributed by atoms with Gasteiger partial charge in [0.1, 0.15) is 29.9 Å². The van der Waals surface area contributed by atoms with Gasteiger partial charge in [0.2, 0.25) is 0 Å². The number of benzene rings is 2. The topological polar surface area (TPSA) is 129 Å². The average molecular weight is 482 g/mol. The monoisotopic (exact) mass is 481 g/mol. The minimum Gasteiger partial charge on any atom is -0.487 e. The Hall–Kier alpha value is -3.22. The molecule has 0 aliphatic carbocycles. The van der Waals surface area contributed by atoms with E-state index in [-0.39, 0.29) is 23.7 Å². The molecule has 0 unspecified atom stereocenters. The Morgan fingerprint density at radius 2 is 1.84 bits per heavy atom. The maximum atomic E-state index is 14.4. The highest BCUT2D eigenvalue weighted by atomic mass is 32.1. The number of nitrogens with zero attached hydrogens (tertiary/aromatic N) is 3. The van der Waals surface area contributed by atoms with Crippen molar-refractivity contribution in [2.45, 2.75) is 25.0 Å². The van der Waals surface area contributed by atoms with Crippen LogP contribution in [0.5, 0.6) is 0 Å². The largest absolute Gasteiger partial charge is 0.487 e. The lowest BCUT2D eigenvalue weighted by Gasteiger charge is -2.29. The minimum atomic E-state index is -1.67. The first-order valence-corrected chi connectivity index (χ1v) is 9.99. The van der Waals surface area contributed by atoms with Crippen LogP contribution in [0.25, 0.3) is 0 Å². The van der Waals surface area contributed by atoms with Gasteiger partial charge >= 0.3 is 0 Å².